The minimum Gasteiger partial charge on any atom is -0.229 e. The molecule has 0 N–H and O–H groups in total. The van der Waals surface area contributed by atoms with E-state index in [4.69, 9.17) is 10.1 Å². The van der Waals surface area contributed by atoms with Crippen LogP contribution >= 0.6 is 0 Å². The molecule has 0 unspecified atom stereocenters. The van der Waals surface area contributed by atoms with Crippen LogP contribution in [0.5, 0.6) is 0 Å². The fourth-order valence-corrected chi connectivity index (χ4v) is 3.25. The fraction of sp³-hybridized carbons (Fsp3) is 0.0455. The van der Waals surface area contributed by atoms with Gasteiger partial charge in [0.15, 0.2) is 5.65 Å². The quantitative estimate of drug-likeness (QED) is 0.486. The molecule has 0 radical (unpaired) electrons. The van der Waals surface area contributed by atoms with Crippen molar-refractivity contribution in [1.29, 1.82) is 0 Å². The van der Waals surface area contributed by atoms with Crippen LogP contribution in [0.2, 0.25) is 0 Å². The lowest BCUT2D eigenvalue weighted by molar-refractivity contribution is 0.785. The minimum atomic E-state index is 0.730. The molecule has 0 bridgehead atoms. The van der Waals surface area contributed by atoms with E-state index in [1.54, 1.807) is 4.63 Å². The molecular weight excluding hydrogens is 320 g/mol. The topological polar surface area (TPSA) is 43.1 Å². The van der Waals surface area contributed by atoms with Crippen molar-refractivity contribution in [3.05, 3.63) is 96.2 Å². The Morgan fingerprint density at radius 1 is 0.692 bits per heavy atom. The molecule has 0 fully saturated rings. The third-order valence-electron chi connectivity index (χ3n) is 4.51. The highest BCUT2D eigenvalue weighted by Gasteiger charge is 2.15. The number of hydrogen-bond acceptors (Lipinski definition) is 3. The second-order valence-electron chi connectivity index (χ2n) is 6.27. The van der Waals surface area contributed by atoms with Crippen LogP contribution in [-0.4, -0.2) is 19.8 Å². The van der Waals surface area contributed by atoms with Crippen molar-refractivity contribution in [1.82, 2.24) is 19.8 Å². The number of hydrogen-bond donors (Lipinski definition) is 0. The van der Waals surface area contributed by atoms with E-state index in [0.29, 0.717) is 0 Å². The van der Waals surface area contributed by atoms with Gasteiger partial charge in [-0.2, -0.15) is 0 Å². The van der Waals surface area contributed by atoms with Gasteiger partial charge in [-0.1, -0.05) is 72.8 Å². The van der Waals surface area contributed by atoms with Crippen molar-refractivity contribution in [3.8, 4) is 11.3 Å². The zero-order chi connectivity index (χ0) is 17.3. The van der Waals surface area contributed by atoms with Gasteiger partial charge < -0.3 is 0 Å². The molecule has 124 valence electrons. The third kappa shape index (κ3) is 2.52. The zero-order valence-electron chi connectivity index (χ0n) is 14.1. The van der Waals surface area contributed by atoms with Crippen molar-refractivity contribution in [3.63, 3.8) is 0 Å². The van der Waals surface area contributed by atoms with Crippen LogP contribution in [0.25, 0.3) is 27.8 Å². The highest BCUT2D eigenvalue weighted by atomic mass is 15.4. The maximum absolute atomic E-state index is 4.97. The Kier molecular flexibility index (Phi) is 3.46. The van der Waals surface area contributed by atoms with Crippen LogP contribution in [0.3, 0.4) is 0 Å². The molecule has 26 heavy (non-hydrogen) atoms. The Hall–Kier alpha value is -3.53. The monoisotopic (exact) mass is 336 g/mol. The first-order valence-corrected chi connectivity index (χ1v) is 8.62. The Morgan fingerprint density at radius 2 is 1.38 bits per heavy atom. The molecule has 4 nitrogen and oxygen atoms in total. The summed E-state index contributed by atoms with van der Waals surface area (Å²) in [7, 11) is 0. The van der Waals surface area contributed by atoms with Crippen molar-refractivity contribution in [2.45, 2.75) is 6.42 Å². The summed E-state index contributed by atoms with van der Waals surface area (Å²) in [5.74, 6) is 0. The zero-order valence-corrected chi connectivity index (χ0v) is 14.1. The Morgan fingerprint density at radius 3 is 2.19 bits per heavy atom. The van der Waals surface area contributed by atoms with Crippen molar-refractivity contribution >= 4 is 16.6 Å². The highest BCUT2D eigenvalue weighted by molar-refractivity contribution is 5.91. The van der Waals surface area contributed by atoms with Crippen LogP contribution in [-0.2, 0) is 6.42 Å². The lowest BCUT2D eigenvalue weighted by Gasteiger charge is -2.09. The first kappa shape index (κ1) is 14.8. The van der Waals surface area contributed by atoms with Crippen molar-refractivity contribution in [2.75, 3.05) is 0 Å². The average molecular weight is 336 g/mol. The smallest absolute Gasteiger partial charge is 0.184 e. The molecule has 0 spiro atoms. The van der Waals surface area contributed by atoms with E-state index >= 15 is 0 Å². The van der Waals surface area contributed by atoms with E-state index in [-0.39, 0.29) is 0 Å². The van der Waals surface area contributed by atoms with Crippen LogP contribution in [0.1, 0.15) is 11.3 Å². The van der Waals surface area contributed by atoms with Crippen LogP contribution in [0.15, 0.2) is 84.9 Å². The lowest BCUT2D eigenvalue weighted by Crippen LogP contribution is -2.05. The molecular formula is C22H16N4. The number of aromatic nitrogens is 4. The van der Waals surface area contributed by atoms with Crippen LogP contribution < -0.4 is 0 Å². The molecule has 4 heteroatoms. The predicted molar refractivity (Wildman–Crippen MR) is 103 cm³/mol. The van der Waals surface area contributed by atoms with Gasteiger partial charge in [-0.05, 0) is 17.7 Å². The molecule has 5 aromatic rings. The summed E-state index contributed by atoms with van der Waals surface area (Å²) >= 11 is 0. The van der Waals surface area contributed by atoms with Gasteiger partial charge in [0, 0.05) is 17.4 Å². The third-order valence-corrected chi connectivity index (χ3v) is 4.51. The summed E-state index contributed by atoms with van der Waals surface area (Å²) in [6.45, 7) is 0. The van der Waals surface area contributed by atoms with Crippen LogP contribution in [0.4, 0.5) is 0 Å². The average Bonchev–Trinajstić information content (AvgIpc) is 3.06. The summed E-state index contributed by atoms with van der Waals surface area (Å²) in [5, 5.41) is 10.4. The Balaban J connectivity index is 1.77. The molecule has 3 aromatic carbocycles. The highest BCUT2D eigenvalue weighted by Crippen LogP contribution is 2.25. The number of fused-ring (bicyclic) bond motifs is 3. The maximum Gasteiger partial charge on any atom is 0.184 e. The molecule has 0 atom stereocenters. The summed E-state index contributed by atoms with van der Waals surface area (Å²) in [6.07, 6.45) is 0.730. The van der Waals surface area contributed by atoms with Crippen molar-refractivity contribution in [2.24, 2.45) is 0 Å². The maximum atomic E-state index is 4.97. The first-order chi connectivity index (χ1) is 12.9. The second-order valence-corrected chi connectivity index (χ2v) is 6.27. The lowest BCUT2D eigenvalue weighted by atomic mass is 10.0. The SMILES string of the molecule is c1ccc(Cc2nc3c4ccccc4nn3nc2-c2ccccc2)cc1. The van der Waals surface area contributed by atoms with E-state index in [1.807, 2.05) is 48.5 Å². The summed E-state index contributed by atoms with van der Waals surface area (Å²) in [4.78, 5) is 4.97. The van der Waals surface area contributed by atoms with Gasteiger partial charge in [0.1, 0.15) is 5.69 Å². The van der Waals surface area contributed by atoms with Gasteiger partial charge in [-0.3, -0.25) is 0 Å². The standard InChI is InChI=1S/C22H16N4/c1-3-9-16(10-4-1)15-20-21(17-11-5-2-6-12-17)25-26-22(23-20)18-13-7-8-14-19(18)24-26/h1-14H,15H2. The Bertz CT molecular complexity index is 1190. The van der Waals surface area contributed by atoms with Gasteiger partial charge in [-0.25, -0.2) is 4.98 Å². The largest absolute Gasteiger partial charge is 0.229 e. The van der Waals surface area contributed by atoms with E-state index in [9.17, 15) is 0 Å². The summed E-state index contributed by atoms with van der Waals surface area (Å²) in [6, 6.07) is 28.6. The van der Waals surface area contributed by atoms with E-state index in [2.05, 4.69) is 41.5 Å². The van der Waals surface area contributed by atoms with E-state index in [0.717, 1.165) is 39.9 Å². The van der Waals surface area contributed by atoms with E-state index < -0.39 is 0 Å². The summed E-state index contributed by atoms with van der Waals surface area (Å²) in [5.41, 5.74) is 5.80. The van der Waals surface area contributed by atoms with Gasteiger partial charge in [0.05, 0.1) is 11.2 Å². The van der Waals surface area contributed by atoms with Gasteiger partial charge in [-0.15, -0.1) is 14.8 Å². The first-order valence-electron chi connectivity index (χ1n) is 8.62. The molecule has 2 aromatic heterocycles. The second kappa shape index (κ2) is 6.08. The molecule has 0 amide bonds. The van der Waals surface area contributed by atoms with E-state index in [1.165, 1.54) is 5.56 Å². The molecule has 0 aliphatic carbocycles. The minimum absolute atomic E-state index is 0.730. The normalized spacial score (nSPS) is 11.2. The van der Waals surface area contributed by atoms with Gasteiger partial charge in [0.25, 0.3) is 0 Å². The van der Waals surface area contributed by atoms with Gasteiger partial charge >= 0.3 is 0 Å². The molecule has 0 saturated carbocycles. The Labute approximate surface area is 150 Å². The number of nitrogens with zero attached hydrogens (tertiary/aromatic N) is 4. The number of rotatable bonds is 3. The summed E-state index contributed by atoms with van der Waals surface area (Å²) < 4.78 is 1.65. The number of benzene rings is 3. The molecule has 2 heterocycles. The fourth-order valence-electron chi connectivity index (χ4n) is 3.25. The molecule has 0 aliphatic heterocycles. The molecule has 0 aliphatic rings. The van der Waals surface area contributed by atoms with Gasteiger partial charge in [0.2, 0.25) is 0 Å². The predicted octanol–water partition coefficient (Wildman–Crippen LogP) is 4.54. The van der Waals surface area contributed by atoms with Crippen molar-refractivity contribution < 1.29 is 0 Å². The molecule has 5 rings (SSSR count). The van der Waals surface area contributed by atoms with Crippen LogP contribution in [0, 0.1) is 0 Å². The molecule has 0 saturated heterocycles.